The van der Waals surface area contributed by atoms with E-state index in [0.717, 1.165) is 25.1 Å². The maximum atomic E-state index is 13.3. The van der Waals surface area contributed by atoms with E-state index < -0.39 is 17.5 Å². The molecule has 1 atom stereocenters. The lowest BCUT2D eigenvalue weighted by atomic mass is 10.0. The predicted octanol–water partition coefficient (Wildman–Crippen LogP) is 2.53. The Labute approximate surface area is 79.9 Å². The maximum Gasteiger partial charge on any atom is 0.166 e. The molecule has 0 amide bonds. The fourth-order valence-corrected chi connectivity index (χ4v) is 1.79. The monoisotopic (exact) mass is 201 g/mol. The van der Waals surface area contributed by atoms with Crippen LogP contribution in [0.15, 0.2) is 12.1 Å². The molecule has 0 saturated carbocycles. The predicted molar refractivity (Wildman–Crippen MR) is 46.3 cm³/mol. The van der Waals surface area contributed by atoms with Crippen molar-refractivity contribution >= 4 is 0 Å². The normalized spacial score (nSPS) is 21.5. The van der Waals surface area contributed by atoms with Crippen LogP contribution in [-0.4, -0.2) is 6.54 Å². The highest BCUT2D eigenvalue weighted by atomic mass is 19.2. The van der Waals surface area contributed by atoms with Crippen LogP contribution in [0.2, 0.25) is 0 Å². The van der Waals surface area contributed by atoms with Crippen LogP contribution in [0.1, 0.15) is 24.4 Å². The number of nitrogens with one attached hydrogen (secondary N) is 1. The van der Waals surface area contributed by atoms with Crippen molar-refractivity contribution in [2.75, 3.05) is 6.54 Å². The minimum atomic E-state index is -1.07. The van der Waals surface area contributed by atoms with Crippen LogP contribution in [0.25, 0.3) is 0 Å². The van der Waals surface area contributed by atoms with E-state index in [1.807, 2.05) is 0 Å². The average molecular weight is 201 g/mol. The lowest BCUT2D eigenvalue weighted by molar-refractivity contribution is 0.455. The van der Waals surface area contributed by atoms with Gasteiger partial charge < -0.3 is 5.32 Å². The van der Waals surface area contributed by atoms with Gasteiger partial charge in [-0.15, -0.1) is 0 Å². The zero-order valence-corrected chi connectivity index (χ0v) is 7.49. The van der Waals surface area contributed by atoms with Crippen LogP contribution >= 0.6 is 0 Å². The van der Waals surface area contributed by atoms with Crippen LogP contribution < -0.4 is 5.32 Å². The summed E-state index contributed by atoms with van der Waals surface area (Å²) in [6, 6.07) is 1.39. The highest BCUT2D eigenvalue weighted by Gasteiger charge is 2.24. The van der Waals surface area contributed by atoms with E-state index in [2.05, 4.69) is 5.32 Å². The maximum absolute atomic E-state index is 13.3. The Bertz CT molecular complexity index is 345. The van der Waals surface area contributed by atoms with Crippen molar-refractivity contribution in [3.05, 3.63) is 35.1 Å². The van der Waals surface area contributed by atoms with E-state index in [0.29, 0.717) is 6.42 Å². The largest absolute Gasteiger partial charge is 0.310 e. The van der Waals surface area contributed by atoms with Crippen molar-refractivity contribution < 1.29 is 13.2 Å². The second-order valence-electron chi connectivity index (χ2n) is 3.41. The Kier molecular flexibility index (Phi) is 2.46. The zero-order valence-electron chi connectivity index (χ0n) is 7.49. The summed E-state index contributed by atoms with van der Waals surface area (Å²) in [5.41, 5.74) is -0.164. The molecule has 1 heterocycles. The second-order valence-corrected chi connectivity index (χ2v) is 3.41. The van der Waals surface area contributed by atoms with Gasteiger partial charge in [0.15, 0.2) is 11.6 Å². The first-order chi connectivity index (χ1) is 6.70. The topological polar surface area (TPSA) is 12.0 Å². The van der Waals surface area contributed by atoms with E-state index in [9.17, 15) is 13.2 Å². The molecule has 0 spiro atoms. The van der Waals surface area contributed by atoms with E-state index in [1.54, 1.807) is 0 Å². The van der Waals surface area contributed by atoms with Crippen molar-refractivity contribution in [2.45, 2.75) is 18.9 Å². The van der Waals surface area contributed by atoms with Gasteiger partial charge in [-0.2, -0.15) is 0 Å². The number of hydrogen-bond donors (Lipinski definition) is 1. The molecule has 2 rings (SSSR count). The molecule has 4 heteroatoms. The molecule has 1 nitrogen and oxygen atoms in total. The molecule has 0 radical (unpaired) electrons. The Balaban J connectivity index is 2.44. The Hall–Kier alpha value is -1.03. The third-order valence-corrected chi connectivity index (χ3v) is 2.49. The average Bonchev–Trinajstić information content (AvgIpc) is 2.65. The van der Waals surface area contributed by atoms with Gasteiger partial charge >= 0.3 is 0 Å². The lowest BCUT2D eigenvalue weighted by Gasteiger charge is -2.12. The first-order valence-corrected chi connectivity index (χ1v) is 4.57. The zero-order chi connectivity index (χ0) is 10.1. The van der Waals surface area contributed by atoms with Crippen LogP contribution in [-0.2, 0) is 0 Å². The molecule has 1 aliphatic heterocycles. The SMILES string of the molecule is Fc1ccc(F)c([C@H]2CCCN2)c1F. The smallest absolute Gasteiger partial charge is 0.166 e. The number of rotatable bonds is 1. The van der Waals surface area contributed by atoms with Gasteiger partial charge in [0.2, 0.25) is 0 Å². The van der Waals surface area contributed by atoms with Crippen molar-refractivity contribution in [2.24, 2.45) is 0 Å². The molecule has 1 saturated heterocycles. The molecule has 0 bridgehead atoms. The Morgan fingerprint density at radius 2 is 1.86 bits per heavy atom. The fourth-order valence-electron chi connectivity index (χ4n) is 1.79. The van der Waals surface area contributed by atoms with E-state index in [-0.39, 0.29) is 11.6 Å². The molecular formula is C10H10F3N. The van der Waals surface area contributed by atoms with Crippen molar-refractivity contribution in [1.29, 1.82) is 0 Å². The highest BCUT2D eigenvalue weighted by Crippen LogP contribution is 2.28. The molecule has 76 valence electrons. The van der Waals surface area contributed by atoms with Crippen LogP contribution in [0, 0.1) is 17.5 Å². The van der Waals surface area contributed by atoms with Gasteiger partial charge in [0, 0.05) is 11.6 Å². The van der Waals surface area contributed by atoms with Gasteiger partial charge in [-0.3, -0.25) is 0 Å². The first-order valence-electron chi connectivity index (χ1n) is 4.57. The molecular weight excluding hydrogens is 191 g/mol. The third-order valence-electron chi connectivity index (χ3n) is 2.49. The first kappa shape index (κ1) is 9.52. The molecule has 0 aromatic heterocycles. The summed E-state index contributed by atoms with van der Waals surface area (Å²) in [7, 11) is 0. The number of benzene rings is 1. The van der Waals surface area contributed by atoms with Crippen LogP contribution in [0.4, 0.5) is 13.2 Å². The Morgan fingerprint density at radius 3 is 2.50 bits per heavy atom. The Morgan fingerprint density at radius 1 is 1.14 bits per heavy atom. The van der Waals surface area contributed by atoms with E-state index in [1.165, 1.54) is 0 Å². The summed E-state index contributed by atoms with van der Waals surface area (Å²) < 4.78 is 39.3. The molecule has 0 unspecified atom stereocenters. The minimum Gasteiger partial charge on any atom is -0.310 e. The molecule has 14 heavy (non-hydrogen) atoms. The van der Waals surface area contributed by atoms with Gasteiger partial charge in [0.1, 0.15) is 5.82 Å². The molecule has 1 aromatic carbocycles. The summed E-state index contributed by atoms with van der Waals surface area (Å²) in [6.45, 7) is 0.722. The molecule has 1 aliphatic rings. The van der Waals surface area contributed by atoms with Gasteiger partial charge in [-0.05, 0) is 31.5 Å². The van der Waals surface area contributed by atoms with Crippen LogP contribution in [0.5, 0.6) is 0 Å². The van der Waals surface area contributed by atoms with Crippen molar-refractivity contribution in [3.63, 3.8) is 0 Å². The molecule has 0 aliphatic carbocycles. The summed E-state index contributed by atoms with van der Waals surface area (Å²) in [5, 5.41) is 2.94. The third kappa shape index (κ3) is 1.50. The summed E-state index contributed by atoms with van der Waals surface area (Å²) in [4.78, 5) is 0. The van der Waals surface area contributed by atoms with Crippen LogP contribution in [0.3, 0.4) is 0 Å². The van der Waals surface area contributed by atoms with Gasteiger partial charge in [0.05, 0.1) is 0 Å². The summed E-state index contributed by atoms with van der Waals surface area (Å²) in [5.74, 6) is -2.73. The quantitative estimate of drug-likeness (QED) is 0.688. The molecule has 1 fully saturated rings. The van der Waals surface area contributed by atoms with Gasteiger partial charge in [0.25, 0.3) is 0 Å². The standard InChI is InChI=1S/C10H10F3N/c11-6-3-4-7(12)10(13)9(6)8-2-1-5-14-8/h3-4,8,14H,1-2,5H2/t8-/m1/s1. The molecule has 1 N–H and O–H groups in total. The van der Waals surface area contributed by atoms with Gasteiger partial charge in [-0.1, -0.05) is 0 Å². The van der Waals surface area contributed by atoms with E-state index >= 15 is 0 Å². The summed E-state index contributed by atoms with van der Waals surface area (Å²) in [6.07, 6.45) is 1.51. The van der Waals surface area contributed by atoms with E-state index in [4.69, 9.17) is 0 Å². The second kappa shape index (κ2) is 3.61. The highest BCUT2D eigenvalue weighted by molar-refractivity contribution is 5.25. The summed E-state index contributed by atoms with van der Waals surface area (Å²) >= 11 is 0. The fraction of sp³-hybridized carbons (Fsp3) is 0.400. The van der Waals surface area contributed by atoms with Crippen molar-refractivity contribution in [1.82, 2.24) is 5.32 Å². The molecule has 1 aromatic rings. The number of hydrogen-bond acceptors (Lipinski definition) is 1. The van der Waals surface area contributed by atoms with Gasteiger partial charge in [-0.25, -0.2) is 13.2 Å². The minimum absolute atomic E-state index is 0.164. The lowest BCUT2D eigenvalue weighted by Crippen LogP contribution is -2.16. The van der Waals surface area contributed by atoms with Crippen molar-refractivity contribution in [3.8, 4) is 0 Å². The number of halogens is 3.